The van der Waals surface area contributed by atoms with Crippen LogP contribution in [0.3, 0.4) is 0 Å². The maximum absolute atomic E-state index is 12.0. The molecule has 0 aliphatic carbocycles. The topological polar surface area (TPSA) is 46.3 Å². The molecule has 1 rings (SSSR count). The number of rotatable bonds is 2. The van der Waals surface area contributed by atoms with Crippen molar-refractivity contribution < 1.29 is 4.79 Å². The molecule has 88 valence electrons. The van der Waals surface area contributed by atoms with Crippen molar-refractivity contribution in [2.45, 2.75) is 46.1 Å². The molecule has 1 unspecified atom stereocenters. The number of hydrogen-bond donors (Lipinski definition) is 1. The highest BCUT2D eigenvalue weighted by Crippen LogP contribution is 2.17. The summed E-state index contributed by atoms with van der Waals surface area (Å²) in [7, 11) is 0. The van der Waals surface area contributed by atoms with Gasteiger partial charge in [0.25, 0.3) is 0 Å². The van der Waals surface area contributed by atoms with Crippen molar-refractivity contribution in [2.24, 2.45) is 17.6 Å². The number of likely N-dealkylation sites (tertiary alicyclic amines) is 1. The van der Waals surface area contributed by atoms with Gasteiger partial charge in [-0.15, -0.1) is 0 Å². The molecule has 0 spiro atoms. The van der Waals surface area contributed by atoms with Crippen molar-refractivity contribution in [1.82, 2.24) is 4.90 Å². The van der Waals surface area contributed by atoms with Crippen molar-refractivity contribution in [2.75, 3.05) is 13.1 Å². The monoisotopic (exact) mass is 212 g/mol. The normalized spacial score (nSPS) is 25.1. The SMILES string of the molecule is CC1CCCN(C(=O)[C@@H](N)C(C)C)CC1. The summed E-state index contributed by atoms with van der Waals surface area (Å²) in [6, 6.07) is -0.321. The summed E-state index contributed by atoms with van der Waals surface area (Å²) in [6.45, 7) is 8.05. The number of hydrogen-bond acceptors (Lipinski definition) is 2. The number of carbonyl (C=O) groups excluding carboxylic acids is 1. The van der Waals surface area contributed by atoms with Crippen LogP contribution in [0.1, 0.15) is 40.0 Å². The maximum atomic E-state index is 12.0. The van der Waals surface area contributed by atoms with Gasteiger partial charge in [-0.3, -0.25) is 4.79 Å². The first-order chi connectivity index (χ1) is 7.02. The average molecular weight is 212 g/mol. The first-order valence-electron chi connectivity index (χ1n) is 6.06. The molecule has 3 heteroatoms. The van der Waals surface area contributed by atoms with Gasteiger partial charge in [0, 0.05) is 13.1 Å². The molecule has 0 aromatic heterocycles. The third kappa shape index (κ3) is 3.49. The highest BCUT2D eigenvalue weighted by atomic mass is 16.2. The Kier molecular flexibility index (Phi) is 4.58. The molecule has 0 aromatic rings. The zero-order chi connectivity index (χ0) is 11.4. The van der Waals surface area contributed by atoms with Crippen LogP contribution in [0.25, 0.3) is 0 Å². The van der Waals surface area contributed by atoms with Crippen molar-refractivity contribution in [1.29, 1.82) is 0 Å². The van der Waals surface area contributed by atoms with Crippen LogP contribution >= 0.6 is 0 Å². The van der Waals surface area contributed by atoms with Gasteiger partial charge < -0.3 is 10.6 Å². The van der Waals surface area contributed by atoms with Gasteiger partial charge in [-0.2, -0.15) is 0 Å². The Balaban J connectivity index is 2.52. The lowest BCUT2D eigenvalue weighted by atomic mass is 10.0. The second kappa shape index (κ2) is 5.50. The van der Waals surface area contributed by atoms with E-state index < -0.39 is 0 Å². The molecule has 1 heterocycles. The molecule has 2 N–H and O–H groups in total. The number of amides is 1. The second-order valence-corrected chi connectivity index (χ2v) is 5.13. The van der Waals surface area contributed by atoms with Crippen molar-refractivity contribution in [3.8, 4) is 0 Å². The molecule has 15 heavy (non-hydrogen) atoms. The predicted molar refractivity (Wildman–Crippen MR) is 62.4 cm³/mol. The summed E-state index contributed by atoms with van der Waals surface area (Å²) >= 11 is 0. The van der Waals surface area contributed by atoms with Crippen LogP contribution in [-0.4, -0.2) is 29.9 Å². The molecule has 0 bridgehead atoms. The van der Waals surface area contributed by atoms with E-state index in [2.05, 4.69) is 6.92 Å². The van der Waals surface area contributed by atoms with E-state index >= 15 is 0 Å². The van der Waals surface area contributed by atoms with Crippen molar-refractivity contribution in [3.63, 3.8) is 0 Å². The minimum atomic E-state index is -0.321. The third-order valence-electron chi connectivity index (χ3n) is 3.33. The first-order valence-corrected chi connectivity index (χ1v) is 6.06. The van der Waals surface area contributed by atoms with E-state index in [9.17, 15) is 4.79 Å². The van der Waals surface area contributed by atoms with Gasteiger partial charge in [0.2, 0.25) is 5.91 Å². The summed E-state index contributed by atoms with van der Waals surface area (Å²) in [4.78, 5) is 14.0. The summed E-state index contributed by atoms with van der Waals surface area (Å²) in [5, 5.41) is 0. The summed E-state index contributed by atoms with van der Waals surface area (Å²) in [5.74, 6) is 1.12. The van der Waals surface area contributed by atoms with Gasteiger partial charge in [-0.05, 0) is 31.1 Å². The standard InChI is InChI=1S/C12H24N2O/c1-9(2)11(13)12(15)14-7-4-5-10(3)6-8-14/h9-11H,4-8,13H2,1-3H3/t10?,11-/m0/s1. The van der Waals surface area contributed by atoms with E-state index in [1.165, 1.54) is 6.42 Å². The number of nitrogens with two attached hydrogens (primary N) is 1. The lowest BCUT2D eigenvalue weighted by Crippen LogP contribution is -2.46. The summed E-state index contributed by atoms with van der Waals surface area (Å²) in [5.41, 5.74) is 5.89. The average Bonchev–Trinajstić information content (AvgIpc) is 2.40. The van der Waals surface area contributed by atoms with Gasteiger partial charge in [-0.1, -0.05) is 20.8 Å². The first kappa shape index (κ1) is 12.5. The molecule has 0 saturated carbocycles. The molecule has 1 fully saturated rings. The fraction of sp³-hybridized carbons (Fsp3) is 0.917. The van der Waals surface area contributed by atoms with Crippen LogP contribution in [0.2, 0.25) is 0 Å². The van der Waals surface area contributed by atoms with E-state index in [4.69, 9.17) is 5.73 Å². The maximum Gasteiger partial charge on any atom is 0.239 e. The fourth-order valence-corrected chi connectivity index (χ4v) is 1.98. The van der Waals surface area contributed by atoms with Crippen molar-refractivity contribution in [3.05, 3.63) is 0 Å². The van der Waals surface area contributed by atoms with Crippen LogP contribution in [0, 0.1) is 11.8 Å². The molecule has 1 aliphatic rings. The molecule has 0 aromatic carbocycles. The largest absolute Gasteiger partial charge is 0.341 e. The quantitative estimate of drug-likeness (QED) is 0.756. The van der Waals surface area contributed by atoms with Crippen molar-refractivity contribution >= 4 is 5.91 Å². The highest BCUT2D eigenvalue weighted by molar-refractivity contribution is 5.81. The Morgan fingerprint density at radius 1 is 1.33 bits per heavy atom. The molecule has 1 aliphatic heterocycles. The third-order valence-corrected chi connectivity index (χ3v) is 3.33. The Hall–Kier alpha value is -0.570. The second-order valence-electron chi connectivity index (χ2n) is 5.13. The molecule has 3 nitrogen and oxygen atoms in total. The van der Waals surface area contributed by atoms with Crippen LogP contribution in [0.5, 0.6) is 0 Å². The molecular formula is C12H24N2O. The van der Waals surface area contributed by atoms with E-state index in [0.29, 0.717) is 0 Å². The molecule has 2 atom stereocenters. The Labute approximate surface area is 93.0 Å². The van der Waals surface area contributed by atoms with Crippen LogP contribution < -0.4 is 5.73 Å². The zero-order valence-electron chi connectivity index (χ0n) is 10.2. The number of carbonyl (C=O) groups is 1. The number of nitrogens with zero attached hydrogens (tertiary/aromatic N) is 1. The molecular weight excluding hydrogens is 188 g/mol. The Bertz CT molecular complexity index is 216. The zero-order valence-corrected chi connectivity index (χ0v) is 10.2. The van der Waals surface area contributed by atoms with Gasteiger partial charge >= 0.3 is 0 Å². The summed E-state index contributed by atoms with van der Waals surface area (Å²) in [6.07, 6.45) is 3.48. The van der Waals surface area contributed by atoms with E-state index in [-0.39, 0.29) is 17.9 Å². The molecule has 0 radical (unpaired) electrons. The predicted octanol–water partition coefficient (Wildman–Crippen LogP) is 1.62. The minimum Gasteiger partial charge on any atom is -0.341 e. The fourth-order valence-electron chi connectivity index (χ4n) is 1.98. The molecule has 1 saturated heterocycles. The lowest BCUT2D eigenvalue weighted by Gasteiger charge is -2.25. The van der Waals surface area contributed by atoms with E-state index in [1.54, 1.807) is 0 Å². The van der Waals surface area contributed by atoms with Crippen LogP contribution in [0.4, 0.5) is 0 Å². The Morgan fingerprint density at radius 3 is 2.60 bits per heavy atom. The smallest absolute Gasteiger partial charge is 0.239 e. The van der Waals surface area contributed by atoms with Crippen LogP contribution in [0.15, 0.2) is 0 Å². The Morgan fingerprint density at radius 2 is 2.00 bits per heavy atom. The van der Waals surface area contributed by atoms with E-state index in [1.807, 2.05) is 18.7 Å². The van der Waals surface area contributed by atoms with E-state index in [0.717, 1.165) is 31.8 Å². The van der Waals surface area contributed by atoms with Gasteiger partial charge in [0.05, 0.1) is 6.04 Å². The van der Waals surface area contributed by atoms with Gasteiger partial charge in [-0.25, -0.2) is 0 Å². The van der Waals surface area contributed by atoms with Gasteiger partial charge in [0.1, 0.15) is 0 Å². The summed E-state index contributed by atoms with van der Waals surface area (Å²) < 4.78 is 0. The van der Waals surface area contributed by atoms with Gasteiger partial charge in [0.15, 0.2) is 0 Å². The molecule has 1 amide bonds. The highest BCUT2D eigenvalue weighted by Gasteiger charge is 2.24. The lowest BCUT2D eigenvalue weighted by molar-refractivity contribution is -0.133. The van der Waals surface area contributed by atoms with Crippen LogP contribution in [-0.2, 0) is 4.79 Å². The minimum absolute atomic E-state index is 0.138.